The van der Waals surface area contributed by atoms with E-state index < -0.39 is 0 Å². The van der Waals surface area contributed by atoms with Crippen LogP contribution in [0.25, 0.3) is 16.9 Å². The monoisotopic (exact) mass is 235 g/mol. The lowest BCUT2D eigenvalue weighted by Crippen LogP contribution is -2.33. The molecule has 0 amide bonds. The maximum Gasteiger partial charge on any atom is 0.101 e. The van der Waals surface area contributed by atoms with Crippen molar-refractivity contribution in [1.82, 2.24) is 9.90 Å². The fourth-order valence-corrected chi connectivity index (χ4v) is 1.91. The second-order valence-corrected chi connectivity index (χ2v) is 4.09. The van der Waals surface area contributed by atoms with Crippen molar-refractivity contribution in [3.63, 3.8) is 0 Å². The number of aryl methyl sites for hydroxylation is 1. The molecule has 0 N–H and O–H groups in total. The lowest BCUT2D eigenvalue weighted by atomic mass is 10.2. The van der Waals surface area contributed by atoms with Crippen molar-refractivity contribution in [2.75, 3.05) is 0 Å². The van der Waals surface area contributed by atoms with Gasteiger partial charge < -0.3 is 0 Å². The summed E-state index contributed by atoms with van der Waals surface area (Å²) in [7, 11) is 1.93. The Morgan fingerprint density at radius 1 is 0.944 bits per heavy atom. The molecule has 2 aromatic carbocycles. The van der Waals surface area contributed by atoms with Gasteiger partial charge in [-0.3, -0.25) is 0 Å². The predicted octanol–water partition coefficient (Wildman–Crippen LogP) is 2.16. The first-order valence-electron chi connectivity index (χ1n) is 5.84. The van der Waals surface area contributed by atoms with Crippen LogP contribution in [0.5, 0.6) is 0 Å². The van der Waals surface area contributed by atoms with Crippen molar-refractivity contribution in [1.29, 1.82) is 0 Å². The summed E-state index contributed by atoms with van der Waals surface area (Å²) in [5.41, 5.74) is 3.09. The first-order valence-corrected chi connectivity index (χ1v) is 5.84. The molecule has 0 saturated carbocycles. The Hall–Kier alpha value is -2.42. The van der Waals surface area contributed by atoms with Gasteiger partial charge in [-0.1, -0.05) is 54.1 Å². The summed E-state index contributed by atoms with van der Waals surface area (Å²) in [6.45, 7) is 0. The molecule has 0 aliphatic rings. The molecular weight excluding hydrogens is 222 g/mol. The summed E-state index contributed by atoms with van der Waals surface area (Å²) in [6, 6.07) is 20.2. The molecule has 3 rings (SSSR count). The first kappa shape index (κ1) is 10.7. The Bertz CT molecular complexity index is 642. The van der Waals surface area contributed by atoms with Crippen molar-refractivity contribution >= 4 is 0 Å². The maximum absolute atomic E-state index is 4.44. The maximum atomic E-state index is 4.44. The first-order chi connectivity index (χ1) is 8.84. The van der Waals surface area contributed by atoms with Crippen LogP contribution in [-0.4, -0.2) is 9.90 Å². The molecule has 0 unspecified atom stereocenters. The third-order valence-corrected chi connectivity index (χ3v) is 2.81. The zero-order chi connectivity index (χ0) is 12.4. The highest BCUT2D eigenvalue weighted by atomic mass is 15.5. The van der Waals surface area contributed by atoms with E-state index >= 15 is 0 Å². The van der Waals surface area contributed by atoms with Gasteiger partial charge in [0.25, 0.3) is 0 Å². The topological polar surface area (TPSA) is 21.7 Å². The predicted molar refractivity (Wildman–Crippen MR) is 69.0 cm³/mol. The molecule has 0 aliphatic carbocycles. The molecule has 18 heavy (non-hydrogen) atoms. The molecule has 0 radical (unpaired) electrons. The van der Waals surface area contributed by atoms with E-state index in [0.717, 1.165) is 16.9 Å². The van der Waals surface area contributed by atoms with Crippen LogP contribution in [0.2, 0.25) is 0 Å². The highest BCUT2D eigenvalue weighted by Gasteiger charge is 2.07. The average molecular weight is 235 g/mol. The van der Waals surface area contributed by atoms with Gasteiger partial charge in [-0.15, -0.1) is 12.1 Å². The summed E-state index contributed by atoms with van der Waals surface area (Å²) in [5, 5.41) is 4.44. The lowest BCUT2D eigenvalue weighted by molar-refractivity contribution is -0.665. The van der Waals surface area contributed by atoms with Crippen molar-refractivity contribution in [3.8, 4) is 16.9 Å². The smallest absolute Gasteiger partial charge is 0.101 e. The highest BCUT2D eigenvalue weighted by Crippen LogP contribution is 2.15. The number of hydrogen-bond acceptors (Lipinski definition) is 1. The summed E-state index contributed by atoms with van der Waals surface area (Å²) < 4.78 is 3.60. The van der Waals surface area contributed by atoms with E-state index in [1.165, 1.54) is 0 Å². The van der Waals surface area contributed by atoms with Crippen LogP contribution in [0.1, 0.15) is 0 Å². The van der Waals surface area contributed by atoms with Gasteiger partial charge in [-0.05, 0) is 0 Å². The van der Waals surface area contributed by atoms with Gasteiger partial charge in [0.2, 0.25) is 0 Å². The van der Waals surface area contributed by atoms with Crippen LogP contribution >= 0.6 is 0 Å². The van der Waals surface area contributed by atoms with Crippen LogP contribution in [-0.2, 0) is 7.05 Å². The molecule has 1 aromatic heterocycles. The largest absolute Gasteiger partial charge is 0.207 e. The van der Waals surface area contributed by atoms with Crippen LogP contribution in [0, 0.1) is 6.20 Å². The molecular formula is C15H13N3. The number of benzene rings is 2. The van der Waals surface area contributed by atoms with Crippen molar-refractivity contribution in [3.05, 3.63) is 66.9 Å². The highest BCUT2D eigenvalue weighted by molar-refractivity contribution is 5.56. The number of hydrogen-bond donors (Lipinski definition) is 0. The van der Waals surface area contributed by atoms with Crippen molar-refractivity contribution in [2.24, 2.45) is 7.05 Å². The van der Waals surface area contributed by atoms with Crippen LogP contribution < -0.4 is 4.68 Å². The molecule has 0 atom stereocenters. The molecule has 88 valence electrons. The Balaban J connectivity index is 2.07. The van der Waals surface area contributed by atoms with E-state index in [1.54, 1.807) is 4.68 Å². The molecule has 0 bridgehead atoms. The Morgan fingerprint density at radius 3 is 2.22 bits per heavy atom. The fourth-order valence-electron chi connectivity index (χ4n) is 1.91. The van der Waals surface area contributed by atoms with E-state index in [1.807, 2.05) is 60.3 Å². The number of para-hydroxylation sites is 1. The van der Waals surface area contributed by atoms with E-state index in [-0.39, 0.29) is 0 Å². The minimum absolute atomic E-state index is 0.972. The average Bonchev–Trinajstić information content (AvgIpc) is 2.83. The zero-order valence-corrected chi connectivity index (χ0v) is 10.1. The third-order valence-electron chi connectivity index (χ3n) is 2.81. The Labute approximate surface area is 106 Å². The van der Waals surface area contributed by atoms with Crippen LogP contribution in [0.15, 0.2) is 60.7 Å². The van der Waals surface area contributed by atoms with Gasteiger partial charge in [0.1, 0.15) is 7.05 Å². The van der Waals surface area contributed by atoms with E-state index in [2.05, 4.69) is 23.5 Å². The third kappa shape index (κ3) is 1.91. The van der Waals surface area contributed by atoms with Crippen LogP contribution in [0.4, 0.5) is 0 Å². The number of nitrogens with zero attached hydrogens (tertiary/aromatic N) is 3. The second-order valence-electron chi connectivity index (χ2n) is 4.09. The zero-order valence-electron chi connectivity index (χ0n) is 10.1. The summed E-state index contributed by atoms with van der Waals surface area (Å²) in [4.78, 5) is 0. The number of rotatable bonds is 2. The molecule has 0 fully saturated rings. The van der Waals surface area contributed by atoms with Gasteiger partial charge in [0.05, 0.1) is 22.8 Å². The van der Waals surface area contributed by atoms with E-state index in [0.29, 0.717) is 0 Å². The molecule has 3 aromatic rings. The summed E-state index contributed by atoms with van der Waals surface area (Å²) in [6.07, 6.45) is 3.28. The van der Waals surface area contributed by atoms with Gasteiger partial charge >= 0.3 is 0 Å². The van der Waals surface area contributed by atoms with Gasteiger partial charge in [0.15, 0.2) is 0 Å². The lowest BCUT2D eigenvalue weighted by Gasteiger charge is -1.99. The minimum Gasteiger partial charge on any atom is -0.207 e. The summed E-state index contributed by atoms with van der Waals surface area (Å²) >= 11 is 0. The Morgan fingerprint density at radius 2 is 1.56 bits per heavy atom. The molecule has 3 nitrogen and oxygen atoms in total. The molecule has 1 heterocycles. The van der Waals surface area contributed by atoms with Crippen LogP contribution in [0.3, 0.4) is 0 Å². The van der Waals surface area contributed by atoms with Gasteiger partial charge in [0, 0.05) is 0 Å². The standard InChI is InChI=1S/C15H13N3/c1-17-15(13-8-4-2-5-9-13)12-18(16-17)14-10-6-3-7-11-14/h2-11H,1H3. The van der Waals surface area contributed by atoms with E-state index in [4.69, 9.17) is 0 Å². The van der Waals surface area contributed by atoms with Crippen molar-refractivity contribution in [2.45, 2.75) is 0 Å². The molecule has 3 heteroatoms. The van der Waals surface area contributed by atoms with Crippen molar-refractivity contribution < 1.29 is 4.68 Å². The molecule has 0 saturated heterocycles. The fraction of sp³-hybridized carbons (Fsp3) is 0.0667. The summed E-state index contributed by atoms with van der Waals surface area (Å²) in [5.74, 6) is 0. The second kappa shape index (κ2) is 4.45. The van der Waals surface area contributed by atoms with Gasteiger partial charge in [-0.25, -0.2) is 4.68 Å². The molecule has 0 spiro atoms. The Kier molecular flexibility index (Phi) is 2.65. The SMILES string of the molecule is Cn1n[n+](-c2ccccc2)[c-]c1-c1ccccc1. The normalized spacial score (nSPS) is 10.5. The van der Waals surface area contributed by atoms with Gasteiger partial charge in [-0.2, -0.15) is 4.68 Å². The minimum atomic E-state index is 0.972. The molecule has 0 aliphatic heterocycles. The number of aromatic nitrogens is 3. The quantitative estimate of drug-likeness (QED) is 0.493. The van der Waals surface area contributed by atoms with E-state index in [9.17, 15) is 0 Å².